The van der Waals surface area contributed by atoms with Crippen LogP contribution in [-0.2, 0) is 33.9 Å². The van der Waals surface area contributed by atoms with Crippen LogP contribution in [0, 0.1) is 15.9 Å². The first-order valence-corrected chi connectivity index (χ1v) is 14.4. The lowest BCUT2D eigenvalue weighted by Crippen LogP contribution is -2.28. The Kier molecular flexibility index (Phi) is 12.1. The van der Waals surface area contributed by atoms with Crippen molar-refractivity contribution in [2.75, 3.05) is 31.8 Å². The van der Waals surface area contributed by atoms with Crippen LogP contribution in [0.2, 0.25) is 0 Å². The highest BCUT2D eigenvalue weighted by atomic mass is 32.2. The van der Waals surface area contributed by atoms with Gasteiger partial charge in [0, 0.05) is 38.8 Å². The molecule has 1 aromatic carbocycles. The Bertz CT molecular complexity index is 1340. The Labute approximate surface area is 238 Å². The minimum absolute atomic E-state index is 0.0378. The van der Waals surface area contributed by atoms with E-state index in [9.17, 15) is 27.7 Å². The number of hydrogen-bond donors (Lipinski definition) is 0. The third-order valence-corrected chi connectivity index (χ3v) is 7.10. The number of hydrogen-bond acceptors (Lipinski definition) is 11. The van der Waals surface area contributed by atoms with Gasteiger partial charge in [-0.1, -0.05) is 26.0 Å². The van der Waals surface area contributed by atoms with Gasteiger partial charge in [0.05, 0.1) is 36.3 Å². The number of anilines is 1. The number of aromatic nitrogens is 2. The summed E-state index contributed by atoms with van der Waals surface area (Å²) in [6, 6.07) is 5.62. The number of nitrogens with zero attached hydrogens (tertiary/aromatic N) is 4. The number of methoxy groups -OCH3 is 2. The highest BCUT2D eigenvalue weighted by Crippen LogP contribution is 2.32. The Morgan fingerprint density at radius 1 is 1.15 bits per heavy atom. The number of sulfonamides is 1. The number of ether oxygens (including phenoxy) is 3. The zero-order valence-corrected chi connectivity index (χ0v) is 24.8. The number of carbonyl (C=O) groups excluding carboxylic acids is 1. The molecule has 0 aliphatic heterocycles. The Morgan fingerprint density at radius 2 is 1.78 bits per heavy atom. The second kappa shape index (κ2) is 14.8. The van der Waals surface area contributed by atoms with Crippen molar-refractivity contribution in [3.8, 4) is 11.3 Å². The second-order valence-corrected chi connectivity index (χ2v) is 11.4. The maximum atomic E-state index is 13.7. The maximum Gasteiger partial charge on any atom is 0.310 e. The molecule has 13 nitrogen and oxygen atoms in total. The Balaban J connectivity index is 2.45. The zero-order chi connectivity index (χ0) is 30.9. The van der Waals surface area contributed by atoms with Gasteiger partial charge >= 0.3 is 5.97 Å². The van der Waals surface area contributed by atoms with Crippen LogP contribution < -0.4 is 4.31 Å². The average molecular weight is 599 g/mol. The second-order valence-electron chi connectivity index (χ2n) is 9.38. The summed E-state index contributed by atoms with van der Waals surface area (Å²) in [4.78, 5) is 35.9. The number of benzene rings is 1. The summed E-state index contributed by atoms with van der Waals surface area (Å²) in [6.07, 6.45) is 1.86. The lowest BCUT2D eigenvalue weighted by atomic mass is 9.97. The maximum absolute atomic E-state index is 13.7. The van der Waals surface area contributed by atoms with Crippen LogP contribution >= 0.6 is 0 Å². The van der Waals surface area contributed by atoms with Crippen LogP contribution in [-0.4, -0.2) is 75.5 Å². The third kappa shape index (κ3) is 10.0. The van der Waals surface area contributed by atoms with Crippen LogP contribution in [0.5, 0.6) is 0 Å². The van der Waals surface area contributed by atoms with E-state index < -0.39 is 45.4 Å². The summed E-state index contributed by atoms with van der Waals surface area (Å²) in [5.41, 5.74) is 2.03. The molecular weight excluding hydrogens is 563 g/mol. The molecule has 0 amide bonds. The van der Waals surface area contributed by atoms with Gasteiger partial charge in [-0.25, -0.2) is 27.1 Å². The minimum Gasteiger partial charge on any atom is -0.435 e. The third-order valence-electron chi connectivity index (χ3n) is 5.94. The van der Waals surface area contributed by atoms with Crippen molar-refractivity contribution in [2.24, 2.45) is 0 Å². The van der Waals surface area contributed by atoms with Gasteiger partial charge in [0.2, 0.25) is 22.3 Å². The van der Waals surface area contributed by atoms with Gasteiger partial charge in [-0.3, -0.25) is 9.63 Å². The molecule has 0 saturated heterocycles. The molecule has 226 valence electrons. The fraction of sp³-hybridized carbons (Fsp3) is 0.500. The van der Waals surface area contributed by atoms with Crippen LogP contribution in [0.4, 0.5) is 10.3 Å². The first-order chi connectivity index (χ1) is 19.2. The SMILES string of the molecule is CO[C@@H](CC(=O)OC(C)O[N+](=O)[O-])C[C@@H](/C=C/c1c(-c2ccc(F)cc2)nc(N(C)S(C)(=O)=O)nc1C(C)C)OC. The minimum atomic E-state index is -3.67. The van der Waals surface area contributed by atoms with Gasteiger partial charge in [0.15, 0.2) is 0 Å². The summed E-state index contributed by atoms with van der Waals surface area (Å²) in [6.45, 7) is 5.00. The van der Waals surface area contributed by atoms with E-state index in [4.69, 9.17) is 14.2 Å². The van der Waals surface area contributed by atoms with Crippen molar-refractivity contribution in [3.63, 3.8) is 0 Å². The highest BCUT2D eigenvalue weighted by molar-refractivity contribution is 7.92. The summed E-state index contributed by atoms with van der Waals surface area (Å²) >= 11 is 0. The molecular formula is C26H35FN4O9S. The van der Waals surface area contributed by atoms with E-state index in [0.717, 1.165) is 10.6 Å². The molecule has 1 heterocycles. The lowest BCUT2D eigenvalue weighted by molar-refractivity contribution is -0.777. The molecule has 0 radical (unpaired) electrons. The largest absolute Gasteiger partial charge is 0.435 e. The van der Waals surface area contributed by atoms with E-state index in [1.54, 1.807) is 12.2 Å². The van der Waals surface area contributed by atoms with Crippen molar-refractivity contribution in [1.29, 1.82) is 0 Å². The molecule has 1 unspecified atom stereocenters. The van der Waals surface area contributed by atoms with E-state index in [2.05, 4.69) is 14.8 Å². The van der Waals surface area contributed by atoms with Gasteiger partial charge < -0.3 is 14.2 Å². The van der Waals surface area contributed by atoms with Gasteiger partial charge in [0.1, 0.15) is 5.82 Å². The lowest BCUT2D eigenvalue weighted by Gasteiger charge is -2.21. The molecule has 41 heavy (non-hydrogen) atoms. The molecule has 2 rings (SSSR count). The van der Waals surface area contributed by atoms with Crippen LogP contribution in [0.3, 0.4) is 0 Å². The van der Waals surface area contributed by atoms with Gasteiger partial charge in [-0.2, -0.15) is 0 Å². The highest BCUT2D eigenvalue weighted by Gasteiger charge is 2.24. The van der Waals surface area contributed by atoms with Crippen molar-refractivity contribution in [3.05, 3.63) is 57.5 Å². The normalized spacial score (nSPS) is 14.1. The van der Waals surface area contributed by atoms with Crippen LogP contribution in [0.25, 0.3) is 17.3 Å². The number of esters is 1. The molecule has 0 saturated carbocycles. The molecule has 0 aliphatic rings. The summed E-state index contributed by atoms with van der Waals surface area (Å²) in [5, 5.41) is 9.37. The number of rotatable bonds is 15. The van der Waals surface area contributed by atoms with E-state index in [-0.39, 0.29) is 24.7 Å². The number of halogens is 1. The molecule has 15 heteroatoms. The summed E-state index contributed by atoms with van der Waals surface area (Å²) in [7, 11) is 0.551. The molecule has 0 fully saturated rings. The molecule has 0 N–H and O–H groups in total. The van der Waals surface area contributed by atoms with Crippen LogP contribution in [0.15, 0.2) is 30.3 Å². The molecule has 1 aromatic heterocycles. The molecule has 0 spiro atoms. The topological polar surface area (TPSA) is 160 Å². The van der Waals surface area contributed by atoms with Gasteiger partial charge in [0.25, 0.3) is 5.09 Å². The molecule has 0 bridgehead atoms. The predicted octanol–water partition coefficient (Wildman–Crippen LogP) is 3.72. The molecule has 0 aliphatic carbocycles. The zero-order valence-electron chi connectivity index (χ0n) is 23.9. The van der Waals surface area contributed by atoms with Crippen molar-refractivity contribution < 1.29 is 41.7 Å². The first kappa shape index (κ1) is 33.5. The molecule has 3 atom stereocenters. The fourth-order valence-electron chi connectivity index (χ4n) is 3.74. The van der Waals surface area contributed by atoms with Crippen LogP contribution in [0.1, 0.15) is 50.8 Å². The van der Waals surface area contributed by atoms with E-state index in [0.29, 0.717) is 22.5 Å². The summed E-state index contributed by atoms with van der Waals surface area (Å²) < 4.78 is 55.0. The summed E-state index contributed by atoms with van der Waals surface area (Å²) in [5.74, 6) is -1.40. The standard InChI is InChI=1S/C26H35FN4O9S/c1-16(2)24-22(13-12-20(37-5)14-21(38-6)15-23(32)39-17(3)40-31(33)34)25(18-8-10-19(27)11-9-18)29-26(28-24)30(4)41(7,35)36/h8-13,16-17,20-21H,14-15H2,1-7H3/b13-12+/t17?,20-,21-/m1/s1. The molecule has 2 aromatic rings. The smallest absolute Gasteiger partial charge is 0.310 e. The monoisotopic (exact) mass is 598 g/mol. The van der Waals surface area contributed by atoms with E-state index in [1.807, 2.05) is 13.8 Å². The Morgan fingerprint density at radius 3 is 2.29 bits per heavy atom. The van der Waals surface area contributed by atoms with Crippen molar-refractivity contribution in [1.82, 2.24) is 9.97 Å². The van der Waals surface area contributed by atoms with Gasteiger partial charge in [-0.05, 0) is 37.1 Å². The van der Waals surface area contributed by atoms with Gasteiger partial charge in [-0.15, -0.1) is 10.1 Å². The average Bonchev–Trinajstić information content (AvgIpc) is 2.88. The Hall–Kier alpha value is -3.69. The quantitative estimate of drug-likeness (QED) is 0.127. The van der Waals surface area contributed by atoms with E-state index in [1.165, 1.54) is 52.5 Å². The van der Waals surface area contributed by atoms with E-state index >= 15 is 0 Å². The fourth-order valence-corrected chi connectivity index (χ4v) is 4.11. The van der Waals surface area contributed by atoms with Crippen molar-refractivity contribution in [2.45, 2.75) is 58.0 Å². The number of carbonyl (C=O) groups is 1. The first-order valence-electron chi connectivity index (χ1n) is 12.5. The predicted molar refractivity (Wildman–Crippen MR) is 148 cm³/mol. The van der Waals surface area contributed by atoms with Crippen molar-refractivity contribution >= 4 is 28.0 Å².